The Hall–Kier alpha value is -4.66. The van der Waals surface area contributed by atoms with E-state index in [9.17, 15) is 29.4 Å². The van der Waals surface area contributed by atoms with Gasteiger partial charge in [-0.15, -0.1) is 0 Å². The third-order valence-corrected chi connectivity index (χ3v) is 5.64. The largest absolute Gasteiger partial charge is 0.508 e. The molecule has 0 radical (unpaired) electrons. The van der Waals surface area contributed by atoms with Gasteiger partial charge in [-0.2, -0.15) is 0 Å². The average molecular weight is 504 g/mol. The molecule has 9 heteroatoms. The Morgan fingerprint density at radius 1 is 0.757 bits per heavy atom. The molecule has 0 bridgehead atoms. The molecule has 5 N–H and O–H groups in total. The summed E-state index contributed by atoms with van der Waals surface area (Å²) in [6, 6.07) is 17.3. The summed E-state index contributed by atoms with van der Waals surface area (Å²) in [7, 11) is 0. The molecular weight excluding hydrogens is 474 g/mol. The van der Waals surface area contributed by atoms with Crippen LogP contribution in [-0.2, 0) is 27.2 Å². The van der Waals surface area contributed by atoms with Crippen LogP contribution in [-0.4, -0.2) is 46.0 Å². The highest BCUT2D eigenvalue weighted by Crippen LogP contribution is 2.14. The number of hydrogen-bond acceptors (Lipinski definition) is 5. The van der Waals surface area contributed by atoms with Crippen LogP contribution < -0.4 is 16.0 Å². The van der Waals surface area contributed by atoms with Gasteiger partial charge in [0.25, 0.3) is 5.91 Å². The molecule has 0 spiro atoms. The predicted octanol–water partition coefficient (Wildman–Crippen LogP) is 2.81. The van der Waals surface area contributed by atoms with Crippen LogP contribution in [0, 0.1) is 6.92 Å². The van der Waals surface area contributed by atoms with Crippen molar-refractivity contribution >= 4 is 29.4 Å². The molecule has 0 saturated carbocycles. The number of hydrogen-bond donors (Lipinski definition) is 5. The van der Waals surface area contributed by atoms with Crippen molar-refractivity contribution < 1.29 is 29.4 Å². The number of aryl methyl sites for hydroxylation is 1. The van der Waals surface area contributed by atoms with Crippen LogP contribution in [0.5, 0.6) is 5.75 Å². The van der Waals surface area contributed by atoms with Gasteiger partial charge in [-0.05, 0) is 54.4 Å². The molecule has 0 heterocycles. The maximum Gasteiger partial charge on any atom is 0.326 e. The van der Waals surface area contributed by atoms with Crippen LogP contribution in [0.4, 0.5) is 5.69 Å². The predicted molar refractivity (Wildman–Crippen MR) is 138 cm³/mol. The Balaban J connectivity index is 1.76. The Kier molecular flexibility index (Phi) is 8.99. The molecule has 0 aliphatic carbocycles. The fourth-order valence-corrected chi connectivity index (χ4v) is 3.66. The molecule has 0 aliphatic rings. The average Bonchev–Trinajstić information content (AvgIpc) is 2.85. The van der Waals surface area contributed by atoms with Crippen molar-refractivity contribution in [3.8, 4) is 5.75 Å². The Labute approximate surface area is 214 Å². The van der Waals surface area contributed by atoms with Gasteiger partial charge >= 0.3 is 5.97 Å². The number of carbonyl (C=O) groups excluding carboxylic acids is 3. The van der Waals surface area contributed by atoms with Crippen LogP contribution in [0.25, 0.3) is 0 Å². The minimum absolute atomic E-state index is 0.000731. The molecule has 3 amide bonds. The first kappa shape index (κ1) is 26.9. The Morgan fingerprint density at radius 2 is 1.30 bits per heavy atom. The minimum atomic E-state index is -1.25. The molecule has 9 nitrogen and oxygen atoms in total. The molecule has 37 heavy (non-hydrogen) atoms. The van der Waals surface area contributed by atoms with Gasteiger partial charge in [-0.1, -0.05) is 42.0 Å². The first-order valence-corrected chi connectivity index (χ1v) is 11.7. The smallest absolute Gasteiger partial charge is 0.326 e. The van der Waals surface area contributed by atoms with Crippen molar-refractivity contribution in [2.45, 2.75) is 38.8 Å². The molecule has 3 aromatic rings. The van der Waals surface area contributed by atoms with Gasteiger partial charge in [0, 0.05) is 31.0 Å². The number of phenolic OH excluding ortho intramolecular Hbond substituents is 1. The third kappa shape index (κ3) is 8.21. The topological polar surface area (TPSA) is 145 Å². The van der Waals surface area contributed by atoms with Crippen LogP contribution in [0.15, 0.2) is 72.8 Å². The number of rotatable bonds is 10. The third-order valence-electron chi connectivity index (χ3n) is 5.64. The highest BCUT2D eigenvalue weighted by atomic mass is 16.4. The fourth-order valence-electron chi connectivity index (χ4n) is 3.66. The highest BCUT2D eigenvalue weighted by Gasteiger charge is 2.27. The van der Waals surface area contributed by atoms with E-state index in [1.807, 2.05) is 6.92 Å². The first-order chi connectivity index (χ1) is 17.6. The summed E-state index contributed by atoms with van der Waals surface area (Å²) in [5, 5.41) is 27.2. The number of carboxylic acids is 1. The monoisotopic (exact) mass is 503 g/mol. The van der Waals surface area contributed by atoms with E-state index in [4.69, 9.17) is 0 Å². The number of aliphatic carboxylic acids is 1. The second-order valence-electron chi connectivity index (χ2n) is 8.74. The number of carboxylic acid groups (broad SMARTS) is 1. The second-order valence-corrected chi connectivity index (χ2v) is 8.74. The van der Waals surface area contributed by atoms with Gasteiger partial charge in [-0.3, -0.25) is 14.4 Å². The van der Waals surface area contributed by atoms with Crippen LogP contribution in [0.2, 0.25) is 0 Å². The second kappa shape index (κ2) is 12.3. The Bertz CT molecular complexity index is 1250. The minimum Gasteiger partial charge on any atom is -0.508 e. The van der Waals surface area contributed by atoms with E-state index in [1.165, 1.54) is 19.1 Å². The molecule has 0 saturated heterocycles. The normalized spacial score (nSPS) is 12.2. The zero-order chi connectivity index (χ0) is 26.9. The summed E-state index contributed by atoms with van der Waals surface area (Å²) in [6.45, 7) is 3.28. The zero-order valence-corrected chi connectivity index (χ0v) is 20.5. The van der Waals surface area contributed by atoms with Gasteiger partial charge in [0.1, 0.15) is 17.8 Å². The number of carbonyl (C=O) groups is 4. The number of anilines is 1. The van der Waals surface area contributed by atoms with E-state index < -0.39 is 29.9 Å². The van der Waals surface area contributed by atoms with Crippen LogP contribution in [0.3, 0.4) is 0 Å². The van der Waals surface area contributed by atoms with Crippen molar-refractivity contribution in [2.24, 2.45) is 0 Å². The van der Waals surface area contributed by atoms with E-state index in [0.29, 0.717) is 22.4 Å². The van der Waals surface area contributed by atoms with E-state index in [2.05, 4.69) is 16.0 Å². The fraction of sp³-hybridized carbons (Fsp3) is 0.214. The lowest BCUT2D eigenvalue weighted by atomic mass is 10.0. The lowest BCUT2D eigenvalue weighted by Crippen LogP contribution is -2.53. The van der Waals surface area contributed by atoms with Crippen LogP contribution >= 0.6 is 0 Å². The molecule has 0 aromatic heterocycles. The van der Waals surface area contributed by atoms with E-state index in [0.717, 1.165) is 5.56 Å². The highest BCUT2D eigenvalue weighted by molar-refractivity contribution is 5.98. The molecule has 192 valence electrons. The van der Waals surface area contributed by atoms with Gasteiger partial charge in [0.15, 0.2) is 0 Å². The summed E-state index contributed by atoms with van der Waals surface area (Å²) in [5.74, 6) is -2.53. The van der Waals surface area contributed by atoms with Gasteiger partial charge < -0.3 is 26.2 Å². The van der Waals surface area contributed by atoms with Gasteiger partial charge in [0.05, 0.1) is 0 Å². The molecule has 3 aromatic carbocycles. The van der Waals surface area contributed by atoms with E-state index in [1.54, 1.807) is 60.7 Å². The SMILES string of the molecule is CC(=O)Nc1ccc(C[C@H](NC(=O)[C@H](Cc2ccc(O)cc2)NC(=O)c2ccc(C)cc2)C(=O)O)cc1. The number of amides is 3. The first-order valence-electron chi connectivity index (χ1n) is 11.7. The maximum absolute atomic E-state index is 13.2. The van der Waals surface area contributed by atoms with Crippen molar-refractivity contribution in [3.05, 3.63) is 95.1 Å². The van der Waals surface area contributed by atoms with Gasteiger partial charge in [-0.25, -0.2) is 4.79 Å². The summed E-state index contributed by atoms with van der Waals surface area (Å²) in [6.07, 6.45) is 0.0841. The zero-order valence-electron chi connectivity index (χ0n) is 20.5. The summed E-state index contributed by atoms with van der Waals surface area (Å²) < 4.78 is 0. The van der Waals surface area contributed by atoms with Crippen molar-refractivity contribution in [2.75, 3.05) is 5.32 Å². The Morgan fingerprint density at radius 3 is 1.84 bits per heavy atom. The molecule has 0 aliphatic heterocycles. The summed E-state index contributed by atoms with van der Waals surface area (Å²) >= 11 is 0. The molecule has 0 unspecified atom stereocenters. The standard InChI is InChI=1S/C28H29N3O6/c1-17-3-9-21(10-4-17)26(34)30-24(15-20-7-13-23(33)14-8-20)27(35)31-25(28(36)37)16-19-5-11-22(12-6-19)29-18(2)32/h3-14,24-25,33H,15-16H2,1-2H3,(H,29,32)(H,30,34)(H,31,35)(H,36,37)/t24-,25-/m0/s1. The molecule has 2 atom stereocenters. The van der Waals surface area contributed by atoms with Crippen LogP contribution in [0.1, 0.15) is 34.0 Å². The van der Waals surface area contributed by atoms with E-state index in [-0.39, 0.29) is 24.5 Å². The molecular formula is C28H29N3O6. The number of nitrogens with one attached hydrogen (secondary N) is 3. The van der Waals surface area contributed by atoms with Crippen molar-refractivity contribution in [1.29, 1.82) is 0 Å². The van der Waals surface area contributed by atoms with Gasteiger partial charge in [0.2, 0.25) is 11.8 Å². The summed E-state index contributed by atoms with van der Waals surface area (Å²) in [5.41, 5.74) is 3.22. The quantitative estimate of drug-likeness (QED) is 0.288. The summed E-state index contributed by atoms with van der Waals surface area (Å²) in [4.78, 5) is 49.2. The lowest BCUT2D eigenvalue weighted by Gasteiger charge is -2.22. The van der Waals surface area contributed by atoms with Crippen molar-refractivity contribution in [3.63, 3.8) is 0 Å². The van der Waals surface area contributed by atoms with E-state index >= 15 is 0 Å². The number of phenols is 1. The van der Waals surface area contributed by atoms with Crippen molar-refractivity contribution in [1.82, 2.24) is 10.6 Å². The maximum atomic E-state index is 13.2. The lowest BCUT2D eigenvalue weighted by molar-refractivity contribution is -0.142. The number of aromatic hydroxyl groups is 1. The molecule has 3 rings (SSSR count). The number of benzene rings is 3. The molecule has 0 fully saturated rings.